The number of thioether (sulfide) groups is 1. The highest BCUT2D eigenvalue weighted by Gasteiger charge is 2.11. The van der Waals surface area contributed by atoms with Gasteiger partial charge in [-0.3, -0.25) is 9.59 Å². The lowest BCUT2D eigenvalue weighted by atomic mass is 10.1. The molecule has 0 aromatic heterocycles. The van der Waals surface area contributed by atoms with Gasteiger partial charge in [0.1, 0.15) is 0 Å². The smallest absolute Gasteiger partial charge is 0.255 e. The minimum Gasteiger partial charge on any atom is -0.322 e. The number of hydrogen-bond acceptors (Lipinski definition) is 3. The van der Waals surface area contributed by atoms with Crippen molar-refractivity contribution in [2.75, 3.05) is 11.6 Å². The van der Waals surface area contributed by atoms with Crippen molar-refractivity contribution in [3.8, 4) is 0 Å². The van der Waals surface area contributed by atoms with Crippen molar-refractivity contribution in [2.24, 2.45) is 0 Å². The molecule has 108 valence electrons. The van der Waals surface area contributed by atoms with E-state index in [-0.39, 0.29) is 11.7 Å². The molecule has 21 heavy (non-hydrogen) atoms. The van der Waals surface area contributed by atoms with Crippen LogP contribution in [0.25, 0.3) is 0 Å². The Morgan fingerprint density at radius 2 is 1.86 bits per heavy atom. The zero-order chi connectivity index (χ0) is 15.4. The van der Waals surface area contributed by atoms with Gasteiger partial charge in [-0.2, -0.15) is 0 Å². The third kappa shape index (κ3) is 3.73. The van der Waals surface area contributed by atoms with Crippen molar-refractivity contribution in [2.45, 2.75) is 18.7 Å². The summed E-state index contributed by atoms with van der Waals surface area (Å²) in [5.74, 6) is -0.184. The molecule has 0 radical (unpaired) electrons. The third-order valence-electron chi connectivity index (χ3n) is 3.22. The summed E-state index contributed by atoms with van der Waals surface area (Å²) in [7, 11) is 0. The molecule has 3 nitrogen and oxygen atoms in total. The van der Waals surface area contributed by atoms with E-state index in [1.807, 2.05) is 31.4 Å². The van der Waals surface area contributed by atoms with Crippen LogP contribution in [-0.2, 0) is 0 Å². The van der Waals surface area contributed by atoms with Gasteiger partial charge in [-0.05, 0) is 49.9 Å². The lowest BCUT2D eigenvalue weighted by Gasteiger charge is -2.09. The molecule has 0 bridgehead atoms. The number of carbonyl (C=O) groups is 2. The number of nitrogens with one attached hydrogen (secondary N) is 1. The minimum absolute atomic E-state index is 0.0216. The molecule has 0 saturated carbocycles. The van der Waals surface area contributed by atoms with E-state index in [2.05, 4.69) is 5.32 Å². The molecule has 2 rings (SSSR count). The molecule has 0 aliphatic rings. The Morgan fingerprint density at radius 1 is 1.10 bits per heavy atom. The molecule has 4 heteroatoms. The highest BCUT2D eigenvalue weighted by molar-refractivity contribution is 7.98. The second kappa shape index (κ2) is 6.59. The lowest BCUT2D eigenvalue weighted by Crippen LogP contribution is -2.13. The molecule has 0 saturated heterocycles. The van der Waals surface area contributed by atoms with Gasteiger partial charge in [0.2, 0.25) is 0 Å². The summed E-state index contributed by atoms with van der Waals surface area (Å²) in [5.41, 5.74) is 2.78. The van der Waals surface area contributed by atoms with Crippen LogP contribution in [0, 0.1) is 6.92 Å². The predicted octanol–water partition coefficient (Wildman–Crippen LogP) is 4.17. The molecule has 0 spiro atoms. The Balaban J connectivity index is 2.25. The Morgan fingerprint density at radius 3 is 2.52 bits per heavy atom. The summed E-state index contributed by atoms with van der Waals surface area (Å²) in [4.78, 5) is 24.8. The second-order valence-electron chi connectivity index (χ2n) is 4.77. The van der Waals surface area contributed by atoms with E-state index in [1.54, 1.807) is 36.0 Å². The van der Waals surface area contributed by atoms with Gasteiger partial charge < -0.3 is 5.32 Å². The van der Waals surface area contributed by atoms with Crippen LogP contribution in [0.1, 0.15) is 33.2 Å². The Bertz CT molecular complexity index is 695. The number of aryl methyl sites for hydroxylation is 1. The number of Topliss-reactive ketones (excluding diaryl/α,β-unsaturated/α-hetero) is 1. The first kappa shape index (κ1) is 15.3. The van der Waals surface area contributed by atoms with E-state index in [1.165, 1.54) is 6.92 Å². The molecule has 1 amide bonds. The third-order valence-corrected chi connectivity index (χ3v) is 3.94. The maximum Gasteiger partial charge on any atom is 0.255 e. The highest BCUT2D eigenvalue weighted by Crippen LogP contribution is 2.20. The zero-order valence-corrected chi connectivity index (χ0v) is 13.1. The van der Waals surface area contributed by atoms with Gasteiger partial charge in [0.25, 0.3) is 5.91 Å². The van der Waals surface area contributed by atoms with E-state index in [4.69, 9.17) is 0 Å². The molecule has 0 heterocycles. The van der Waals surface area contributed by atoms with Crippen LogP contribution in [0.15, 0.2) is 47.4 Å². The molecule has 0 aliphatic heterocycles. The number of carbonyl (C=O) groups excluding carboxylic acids is 2. The second-order valence-corrected chi connectivity index (χ2v) is 5.65. The fraction of sp³-hybridized carbons (Fsp3) is 0.176. The van der Waals surface area contributed by atoms with Crippen LogP contribution in [0.4, 0.5) is 5.69 Å². The Labute approximate surface area is 128 Å². The van der Waals surface area contributed by atoms with Crippen molar-refractivity contribution in [1.82, 2.24) is 0 Å². The summed E-state index contributed by atoms with van der Waals surface area (Å²) in [6.45, 7) is 3.41. The standard InChI is InChI=1S/C17H17NO2S/c1-11-7-8-15(21-3)10-16(11)17(20)18-14-6-4-5-13(9-14)12(2)19/h4-10H,1-3H3,(H,18,20). The molecule has 1 N–H and O–H groups in total. The van der Waals surface area contributed by atoms with Crippen LogP contribution in [-0.4, -0.2) is 17.9 Å². The van der Waals surface area contributed by atoms with Gasteiger partial charge in [-0.25, -0.2) is 0 Å². The van der Waals surface area contributed by atoms with Crippen LogP contribution < -0.4 is 5.32 Å². The fourth-order valence-electron chi connectivity index (χ4n) is 1.99. The number of amides is 1. The minimum atomic E-state index is -0.163. The summed E-state index contributed by atoms with van der Waals surface area (Å²) >= 11 is 1.60. The lowest BCUT2D eigenvalue weighted by molar-refractivity contribution is 0.101. The molecule has 2 aromatic rings. The summed E-state index contributed by atoms with van der Waals surface area (Å²) in [6.07, 6.45) is 1.97. The molecule has 0 unspecified atom stereocenters. The van der Waals surface area contributed by atoms with Crippen LogP contribution in [0.3, 0.4) is 0 Å². The predicted molar refractivity (Wildman–Crippen MR) is 87.4 cm³/mol. The largest absolute Gasteiger partial charge is 0.322 e. The van der Waals surface area contributed by atoms with Crippen LogP contribution >= 0.6 is 11.8 Å². The highest BCUT2D eigenvalue weighted by atomic mass is 32.2. The molecule has 0 fully saturated rings. The quantitative estimate of drug-likeness (QED) is 0.680. The van der Waals surface area contributed by atoms with Crippen molar-refractivity contribution in [1.29, 1.82) is 0 Å². The van der Waals surface area contributed by atoms with Gasteiger partial charge >= 0.3 is 0 Å². The maximum absolute atomic E-state index is 12.4. The van der Waals surface area contributed by atoms with Crippen LogP contribution in [0.2, 0.25) is 0 Å². The van der Waals surface area contributed by atoms with Gasteiger partial charge in [0.15, 0.2) is 5.78 Å². The maximum atomic E-state index is 12.4. The van der Waals surface area contributed by atoms with E-state index in [0.29, 0.717) is 16.8 Å². The van der Waals surface area contributed by atoms with Crippen molar-refractivity contribution >= 4 is 29.1 Å². The number of hydrogen-bond donors (Lipinski definition) is 1. The van der Waals surface area contributed by atoms with Crippen LogP contribution in [0.5, 0.6) is 0 Å². The first-order valence-corrected chi connectivity index (χ1v) is 7.80. The van der Waals surface area contributed by atoms with Crippen molar-refractivity contribution in [3.63, 3.8) is 0 Å². The molecule has 0 atom stereocenters. The van der Waals surface area contributed by atoms with Gasteiger partial charge in [0.05, 0.1) is 0 Å². The van der Waals surface area contributed by atoms with E-state index < -0.39 is 0 Å². The zero-order valence-electron chi connectivity index (χ0n) is 12.3. The van der Waals surface area contributed by atoms with Gasteiger partial charge in [-0.15, -0.1) is 11.8 Å². The topological polar surface area (TPSA) is 46.2 Å². The summed E-state index contributed by atoms with van der Waals surface area (Å²) in [6, 6.07) is 12.8. The SMILES string of the molecule is CSc1ccc(C)c(C(=O)Nc2cccc(C(C)=O)c2)c1. The van der Waals surface area contributed by atoms with Crippen molar-refractivity contribution in [3.05, 3.63) is 59.2 Å². The first-order chi connectivity index (χ1) is 10.0. The van der Waals surface area contributed by atoms with Crippen molar-refractivity contribution < 1.29 is 9.59 Å². The fourth-order valence-corrected chi connectivity index (χ4v) is 2.43. The Hall–Kier alpha value is -2.07. The van der Waals surface area contributed by atoms with Gasteiger partial charge in [-0.1, -0.05) is 18.2 Å². The Kier molecular flexibility index (Phi) is 4.81. The van der Waals surface area contributed by atoms with E-state index >= 15 is 0 Å². The molecule has 2 aromatic carbocycles. The number of ketones is 1. The summed E-state index contributed by atoms with van der Waals surface area (Å²) in [5, 5.41) is 2.85. The first-order valence-electron chi connectivity index (χ1n) is 6.58. The van der Waals surface area contributed by atoms with Gasteiger partial charge in [0, 0.05) is 21.7 Å². The number of anilines is 1. The normalized spacial score (nSPS) is 10.2. The van der Waals surface area contributed by atoms with E-state index in [0.717, 1.165) is 10.5 Å². The van der Waals surface area contributed by atoms with E-state index in [9.17, 15) is 9.59 Å². The monoisotopic (exact) mass is 299 g/mol. The summed E-state index contributed by atoms with van der Waals surface area (Å²) < 4.78 is 0. The molecular formula is C17H17NO2S. The molecular weight excluding hydrogens is 282 g/mol. The number of benzene rings is 2. The average molecular weight is 299 g/mol. The average Bonchev–Trinajstić information content (AvgIpc) is 2.48. The number of rotatable bonds is 4. The molecule has 0 aliphatic carbocycles.